The van der Waals surface area contributed by atoms with Crippen molar-refractivity contribution >= 4 is 45.0 Å². The number of likely N-dealkylation sites (N-methyl/N-ethyl adjacent to an activating group) is 1. The van der Waals surface area contributed by atoms with Crippen LogP contribution >= 0.6 is 0 Å². The monoisotopic (exact) mass is 649 g/mol. The first-order chi connectivity index (χ1) is 22.9. The molecule has 48 heavy (non-hydrogen) atoms. The third-order valence-corrected chi connectivity index (χ3v) is 11.0. The van der Waals surface area contributed by atoms with Crippen molar-refractivity contribution in [1.29, 1.82) is 0 Å². The second kappa shape index (κ2) is 10.1. The summed E-state index contributed by atoms with van der Waals surface area (Å²) in [5.41, 5.74) is 15.1. The summed E-state index contributed by atoms with van der Waals surface area (Å²) in [5, 5.41) is 11.1. The fourth-order valence-electron chi connectivity index (χ4n) is 8.89. The van der Waals surface area contributed by atoms with E-state index in [0.717, 1.165) is 88.2 Å². The van der Waals surface area contributed by atoms with E-state index < -0.39 is 11.7 Å². The molecule has 0 bridgehead atoms. The van der Waals surface area contributed by atoms with Crippen molar-refractivity contribution in [2.75, 3.05) is 27.2 Å². The van der Waals surface area contributed by atoms with Crippen molar-refractivity contribution in [3.05, 3.63) is 69.3 Å². The minimum Gasteiger partial charge on any atom is -0.371 e. The van der Waals surface area contributed by atoms with Gasteiger partial charge in [0.05, 0.1) is 47.3 Å². The maximum Gasteiger partial charge on any atom is 0.272 e. The molecule has 1 fully saturated rings. The van der Waals surface area contributed by atoms with Crippen molar-refractivity contribution < 1.29 is 18.7 Å². The number of ether oxygens (including phenoxy) is 1. The number of nitrogens with zero attached hydrogens (tertiary/aromatic N) is 5. The molecule has 2 aliphatic carbocycles. The third-order valence-electron chi connectivity index (χ3n) is 11.0. The quantitative estimate of drug-likeness (QED) is 0.282. The molecule has 2 unspecified atom stereocenters. The van der Waals surface area contributed by atoms with Crippen LogP contribution in [-0.4, -0.2) is 70.6 Å². The van der Waals surface area contributed by atoms with Gasteiger partial charge >= 0.3 is 0 Å². The zero-order chi connectivity index (χ0) is 33.3. The molecule has 5 heterocycles. The van der Waals surface area contributed by atoms with Crippen LogP contribution in [0, 0.1) is 16.6 Å². The van der Waals surface area contributed by atoms with Gasteiger partial charge in [0.2, 0.25) is 0 Å². The Labute approximate surface area is 278 Å². The van der Waals surface area contributed by atoms with Crippen LogP contribution in [0.15, 0.2) is 34.5 Å². The number of hydrazone groups is 2. The summed E-state index contributed by atoms with van der Waals surface area (Å²) in [6, 6.07) is 7.17. The van der Waals surface area contributed by atoms with E-state index in [9.17, 15) is 9.59 Å². The topological polar surface area (TPSA) is 109 Å². The Balaban J connectivity index is 1.20. The molecule has 3 aliphatic heterocycles. The van der Waals surface area contributed by atoms with Crippen LogP contribution in [-0.2, 0) is 37.1 Å². The van der Waals surface area contributed by atoms with E-state index in [4.69, 9.17) is 9.84 Å². The Kier molecular flexibility index (Phi) is 6.25. The molecular formula is C37H40FN7O3. The zero-order valence-electron chi connectivity index (χ0n) is 28.1. The number of carbonyl (C=O) groups excluding carboxylic acids is 2. The van der Waals surface area contributed by atoms with Gasteiger partial charge in [0, 0.05) is 51.9 Å². The molecule has 5 aliphatic rings. The van der Waals surface area contributed by atoms with Gasteiger partial charge in [-0.05, 0) is 80.8 Å². The van der Waals surface area contributed by atoms with E-state index in [-0.39, 0.29) is 22.8 Å². The van der Waals surface area contributed by atoms with Crippen LogP contribution in [0.5, 0.6) is 0 Å². The molecule has 0 radical (unpaired) electrons. The molecule has 0 saturated carbocycles. The molecule has 0 spiro atoms. The van der Waals surface area contributed by atoms with Crippen molar-refractivity contribution in [2.24, 2.45) is 21.0 Å². The van der Waals surface area contributed by atoms with Crippen LogP contribution in [0.1, 0.15) is 82.4 Å². The van der Waals surface area contributed by atoms with Crippen molar-refractivity contribution in [3.8, 4) is 0 Å². The molecule has 11 heteroatoms. The van der Waals surface area contributed by atoms with Crippen LogP contribution in [0.2, 0.25) is 0 Å². The molecule has 10 nitrogen and oxygen atoms in total. The van der Waals surface area contributed by atoms with Gasteiger partial charge < -0.3 is 18.8 Å². The Morgan fingerprint density at radius 2 is 1.60 bits per heavy atom. The lowest BCUT2D eigenvalue weighted by molar-refractivity contribution is 0.0947. The van der Waals surface area contributed by atoms with Crippen LogP contribution in [0.25, 0.3) is 21.8 Å². The van der Waals surface area contributed by atoms with E-state index in [1.165, 1.54) is 11.8 Å². The van der Waals surface area contributed by atoms with E-state index in [0.29, 0.717) is 36.9 Å². The summed E-state index contributed by atoms with van der Waals surface area (Å²) in [6.45, 7) is 9.69. The number of aromatic nitrogens is 2. The molecule has 1 saturated heterocycles. The molecule has 2 aromatic heterocycles. The number of amides is 2. The lowest BCUT2D eigenvalue weighted by Crippen LogP contribution is -2.35. The highest BCUT2D eigenvalue weighted by atomic mass is 19.1. The summed E-state index contributed by atoms with van der Waals surface area (Å²) >= 11 is 0. The van der Waals surface area contributed by atoms with Crippen LogP contribution in [0.3, 0.4) is 0 Å². The molecule has 4 aromatic rings. The minimum atomic E-state index is -0.442. The van der Waals surface area contributed by atoms with E-state index in [1.54, 1.807) is 6.07 Å². The summed E-state index contributed by atoms with van der Waals surface area (Å²) < 4.78 is 25.3. The molecule has 2 N–H and O–H groups in total. The maximum atomic E-state index is 15.0. The Morgan fingerprint density at radius 1 is 0.896 bits per heavy atom. The van der Waals surface area contributed by atoms with Crippen LogP contribution in [0.4, 0.5) is 4.39 Å². The van der Waals surface area contributed by atoms with Crippen molar-refractivity contribution in [1.82, 2.24) is 24.9 Å². The molecule has 248 valence electrons. The predicted molar refractivity (Wildman–Crippen MR) is 182 cm³/mol. The van der Waals surface area contributed by atoms with Gasteiger partial charge in [-0.1, -0.05) is 26.8 Å². The lowest BCUT2D eigenvalue weighted by atomic mass is 9.69. The summed E-state index contributed by atoms with van der Waals surface area (Å²) in [4.78, 5) is 29.4. The smallest absolute Gasteiger partial charge is 0.272 e. The van der Waals surface area contributed by atoms with Gasteiger partial charge in [0.1, 0.15) is 5.82 Å². The number of rotatable bonds is 7. The highest BCUT2D eigenvalue weighted by molar-refractivity contribution is 6.22. The standard InChI is InChI=1S/C37H40FN7O3/c1-36(2)13-23-32-27(15-36)45(17-21-18-48-21)25-7-6-19(29(33(25)32)35(47)42-39-23)12-37(3)14-24-31-28(16-37)44(9-8-43(4)5)26-11-20(38)10-22(30(26)31)34(46)41-40-24/h6-7,10-11,21H,8-9,12-18H2,1-5H3,(H,41,46)(H,42,47). The summed E-state index contributed by atoms with van der Waals surface area (Å²) in [7, 11) is 4.04. The van der Waals surface area contributed by atoms with Gasteiger partial charge in [0.15, 0.2) is 0 Å². The Bertz CT molecular complexity index is 2180. The van der Waals surface area contributed by atoms with Crippen LogP contribution < -0.4 is 10.9 Å². The molecular weight excluding hydrogens is 609 g/mol. The maximum absolute atomic E-state index is 15.0. The normalized spacial score (nSPS) is 23.5. The fourth-order valence-corrected chi connectivity index (χ4v) is 8.89. The largest absolute Gasteiger partial charge is 0.371 e. The van der Waals surface area contributed by atoms with Gasteiger partial charge in [-0.15, -0.1) is 0 Å². The molecule has 2 atom stereocenters. The van der Waals surface area contributed by atoms with Gasteiger partial charge in [-0.3, -0.25) is 9.59 Å². The third kappa shape index (κ3) is 4.50. The van der Waals surface area contributed by atoms with Gasteiger partial charge in [-0.2, -0.15) is 10.2 Å². The van der Waals surface area contributed by atoms with Crippen molar-refractivity contribution in [3.63, 3.8) is 0 Å². The minimum absolute atomic E-state index is 0.0103. The number of benzene rings is 2. The summed E-state index contributed by atoms with van der Waals surface area (Å²) in [6.07, 6.45) is 3.77. The highest BCUT2D eigenvalue weighted by Crippen LogP contribution is 2.47. The van der Waals surface area contributed by atoms with E-state index in [1.807, 2.05) is 14.1 Å². The number of nitrogens with one attached hydrogen (secondary N) is 2. The number of epoxide rings is 1. The highest BCUT2D eigenvalue weighted by Gasteiger charge is 2.43. The van der Waals surface area contributed by atoms with Crippen molar-refractivity contribution in [2.45, 2.75) is 72.1 Å². The SMILES string of the molecule is CN(C)CCn1c2c3c4c(cc(F)cc41)C(=O)NN=C3CC(C)(Cc1ccc3c4c1C(=O)NN=C1CC(C)(C)Cc(c41)n3CC1CO1)C2. The number of carbonyl (C=O) groups is 2. The second-order valence-corrected chi connectivity index (χ2v) is 15.9. The molecule has 9 rings (SSSR count). The first-order valence-electron chi connectivity index (χ1n) is 16.9. The van der Waals surface area contributed by atoms with E-state index in [2.05, 4.69) is 62.9 Å². The molecule has 2 amide bonds. The zero-order valence-corrected chi connectivity index (χ0v) is 28.1. The second-order valence-electron chi connectivity index (χ2n) is 15.9. The lowest BCUT2D eigenvalue weighted by Gasteiger charge is -2.36. The Morgan fingerprint density at radius 3 is 2.35 bits per heavy atom. The van der Waals surface area contributed by atoms with E-state index >= 15 is 4.39 Å². The average Bonchev–Trinajstić information content (AvgIpc) is 3.76. The molecule has 2 aromatic carbocycles. The number of hydrogen-bond donors (Lipinski definition) is 2. The predicted octanol–water partition coefficient (Wildman–Crippen LogP) is 4.76. The van der Waals surface area contributed by atoms with Gasteiger partial charge in [-0.25, -0.2) is 15.2 Å². The average molecular weight is 650 g/mol. The first kappa shape index (κ1) is 29.8. The fraction of sp³-hybridized carbons (Fsp3) is 0.459. The Hall–Kier alpha value is -4.35. The summed E-state index contributed by atoms with van der Waals surface area (Å²) in [5.74, 6) is -1.02. The number of halogens is 1. The van der Waals surface area contributed by atoms with Gasteiger partial charge in [0.25, 0.3) is 11.8 Å². The number of hydrogen-bond acceptors (Lipinski definition) is 6. The first-order valence-corrected chi connectivity index (χ1v) is 16.9.